The molecule has 0 aliphatic heterocycles. The molecule has 0 aromatic rings. The monoisotopic (exact) mass is 166 g/mol. The number of carbonyl (C=O) groups is 1. The van der Waals surface area contributed by atoms with E-state index in [9.17, 15) is 4.79 Å². The molecule has 1 aliphatic rings. The van der Waals surface area contributed by atoms with Gasteiger partial charge in [0.05, 0.1) is 0 Å². The van der Waals surface area contributed by atoms with E-state index in [1.807, 2.05) is 0 Å². The van der Waals surface area contributed by atoms with Gasteiger partial charge in [0.1, 0.15) is 6.29 Å². The molecule has 1 fully saturated rings. The topological polar surface area (TPSA) is 17.1 Å². The van der Waals surface area contributed by atoms with Gasteiger partial charge in [-0.3, -0.25) is 0 Å². The molecule has 0 radical (unpaired) electrons. The molecule has 0 aromatic heterocycles. The van der Waals surface area contributed by atoms with Crippen molar-refractivity contribution in [1.82, 2.24) is 0 Å². The molecule has 1 saturated carbocycles. The van der Waals surface area contributed by atoms with Crippen molar-refractivity contribution in [1.29, 1.82) is 0 Å². The van der Waals surface area contributed by atoms with Crippen LogP contribution in [0.15, 0.2) is 12.2 Å². The van der Waals surface area contributed by atoms with Crippen molar-refractivity contribution < 1.29 is 4.79 Å². The Bertz CT molecular complexity index is 154. The van der Waals surface area contributed by atoms with Crippen molar-refractivity contribution in [3.8, 4) is 0 Å². The number of hydrogen-bond donors (Lipinski definition) is 0. The molecule has 0 atom stereocenters. The minimum Gasteiger partial charge on any atom is -0.303 e. The van der Waals surface area contributed by atoms with E-state index in [1.165, 1.54) is 37.7 Å². The molecule has 0 bridgehead atoms. The number of allylic oxidation sites excluding steroid dienone is 1. The van der Waals surface area contributed by atoms with E-state index in [4.69, 9.17) is 0 Å². The highest BCUT2D eigenvalue weighted by atomic mass is 16.1. The molecule has 0 heterocycles. The lowest BCUT2D eigenvalue weighted by Crippen LogP contribution is -2.08. The molecule has 0 spiro atoms. The fourth-order valence-corrected chi connectivity index (χ4v) is 1.96. The van der Waals surface area contributed by atoms with Crippen LogP contribution in [0.4, 0.5) is 0 Å². The lowest BCUT2D eigenvalue weighted by molar-refractivity contribution is -0.107. The number of hydrogen-bond acceptors (Lipinski definition) is 1. The van der Waals surface area contributed by atoms with E-state index in [0.29, 0.717) is 6.42 Å². The van der Waals surface area contributed by atoms with E-state index in [1.54, 1.807) is 0 Å². The molecular weight excluding hydrogens is 148 g/mol. The van der Waals surface area contributed by atoms with Gasteiger partial charge in [-0.1, -0.05) is 31.4 Å². The zero-order valence-electron chi connectivity index (χ0n) is 7.72. The fraction of sp³-hybridized carbons (Fsp3) is 0.727. The number of rotatable bonds is 4. The Labute approximate surface area is 74.9 Å². The smallest absolute Gasteiger partial charge is 0.120 e. The summed E-state index contributed by atoms with van der Waals surface area (Å²) < 4.78 is 0. The van der Waals surface area contributed by atoms with Gasteiger partial charge < -0.3 is 4.79 Å². The summed E-state index contributed by atoms with van der Waals surface area (Å²) in [5.41, 5.74) is 1.31. The quantitative estimate of drug-likeness (QED) is 0.463. The molecule has 0 aromatic carbocycles. The average molecular weight is 166 g/mol. The molecular formula is C11H18O. The summed E-state index contributed by atoms with van der Waals surface area (Å²) >= 11 is 0. The van der Waals surface area contributed by atoms with E-state index >= 15 is 0 Å². The lowest BCUT2D eigenvalue weighted by atomic mass is 9.83. The number of carbonyl (C=O) groups excluding carboxylic acids is 1. The minimum absolute atomic E-state index is 0.662. The predicted octanol–water partition coefficient (Wildman–Crippen LogP) is 3.10. The second kappa shape index (κ2) is 5.13. The van der Waals surface area contributed by atoms with Crippen molar-refractivity contribution in [3.05, 3.63) is 12.2 Å². The summed E-state index contributed by atoms with van der Waals surface area (Å²) in [5, 5.41) is 0. The Morgan fingerprint density at radius 1 is 1.33 bits per heavy atom. The summed E-state index contributed by atoms with van der Waals surface area (Å²) in [5.74, 6) is 0.721. The summed E-state index contributed by atoms with van der Waals surface area (Å²) in [6, 6.07) is 0. The van der Waals surface area contributed by atoms with Gasteiger partial charge in [0, 0.05) is 6.42 Å². The van der Waals surface area contributed by atoms with Gasteiger partial charge in [-0.2, -0.15) is 0 Å². The first kappa shape index (κ1) is 9.50. The Morgan fingerprint density at radius 3 is 2.58 bits per heavy atom. The van der Waals surface area contributed by atoms with Crippen LogP contribution in [0, 0.1) is 5.92 Å². The number of aldehydes is 1. The fourth-order valence-electron chi connectivity index (χ4n) is 1.96. The highest BCUT2D eigenvalue weighted by molar-refractivity contribution is 5.49. The molecule has 1 rings (SSSR count). The van der Waals surface area contributed by atoms with Crippen LogP contribution in [0.25, 0.3) is 0 Å². The molecule has 0 unspecified atom stereocenters. The molecule has 1 nitrogen and oxygen atoms in total. The maximum absolute atomic E-state index is 10.2. The van der Waals surface area contributed by atoms with Crippen molar-refractivity contribution in [3.63, 3.8) is 0 Å². The van der Waals surface area contributed by atoms with Crippen LogP contribution >= 0.6 is 0 Å². The van der Waals surface area contributed by atoms with Crippen LogP contribution in [-0.4, -0.2) is 6.29 Å². The highest BCUT2D eigenvalue weighted by Crippen LogP contribution is 2.30. The van der Waals surface area contributed by atoms with E-state index in [0.717, 1.165) is 18.6 Å². The van der Waals surface area contributed by atoms with Gasteiger partial charge >= 0.3 is 0 Å². The Morgan fingerprint density at radius 2 is 2.00 bits per heavy atom. The molecule has 0 N–H and O–H groups in total. The summed E-state index contributed by atoms with van der Waals surface area (Å²) in [6.45, 7) is 4.06. The second-order valence-electron chi connectivity index (χ2n) is 3.70. The lowest BCUT2D eigenvalue weighted by Gasteiger charge is -2.23. The first-order valence-electron chi connectivity index (χ1n) is 4.96. The second-order valence-corrected chi connectivity index (χ2v) is 3.70. The Kier molecular flexibility index (Phi) is 4.06. The summed E-state index contributed by atoms with van der Waals surface area (Å²) in [4.78, 5) is 10.2. The van der Waals surface area contributed by atoms with Crippen molar-refractivity contribution in [2.24, 2.45) is 5.92 Å². The Balaban J connectivity index is 2.24. The van der Waals surface area contributed by atoms with Gasteiger partial charge in [0.15, 0.2) is 0 Å². The van der Waals surface area contributed by atoms with Crippen molar-refractivity contribution in [2.45, 2.75) is 44.9 Å². The maximum atomic E-state index is 10.2. The molecule has 0 saturated heterocycles. The van der Waals surface area contributed by atoms with Crippen LogP contribution in [0.3, 0.4) is 0 Å². The van der Waals surface area contributed by atoms with E-state index in [2.05, 4.69) is 6.58 Å². The van der Waals surface area contributed by atoms with Crippen molar-refractivity contribution >= 4 is 6.29 Å². The van der Waals surface area contributed by atoms with Crippen LogP contribution in [0.1, 0.15) is 44.9 Å². The van der Waals surface area contributed by atoms with Crippen LogP contribution < -0.4 is 0 Å². The zero-order chi connectivity index (χ0) is 8.81. The maximum Gasteiger partial charge on any atom is 0.120 e. The van der Waals surface area contributed by atoms with Gasteiger partial charge in [-0.15, -0.1) is 0 Å². The Hall–Kier alpha value is -0.590. The highest BCUT2D eigenvalue weighted by Gasteiger charge is 2.15. The van der Waals surface area contributed by atoms with Crippen LogP contribution in [0.5, 0.6) is 0 Å². The van der Waals surface area contributed by atoms with Gasteiger partial charge in [0.25, 0.3) is 0 Å². The van der Waals surface area contributed by atoms with E-state index in [-0.39, 0.29) is 0 Å². The third-order valence-electron chi connectivity index (χ3n) is 2.77. The first-order valence-corrected chi connectivity index (χ1v) is 4.96. The summed E-state index contributed by atoms with van der Waals surface area (Å²) in [6.07, 6.45) is 9.26. The van der Waals surface area contributed by atoms with Gasteiger partial charge in [0.2, 0.25) is 0 Å². The average Bonchev–Trinajstić information content (AvgIpc) is 2.15. The summed E-state index contributed by atoms with van der Waals surface area (Å²) in [7, 11) is 0. The van der Waals surface area contributed by atoms with E-state index < -0.39 is 0 Å². The third kappa shape index (κ3) is 2.80. The standard InChI is InChI=1S/C11H18O/c1-10(6-5-9-12)11-7-3-2-4-8-11/h9,11H,1-8H2. The molecule has 1 aliphatic carbocycles. The third-order valence-corrected chi connectivity index (χ3v) is 2.77. The molecule has 1 heteroatoms. The normalized spacial score (nSPS) is 19.0. The minimum atomic E-state index is 0.662. The first-order chi connectivity index (χ1) is 5.84. The largest absolute Gasteiger partial charge is 0.303 e. The predicted molar refractivity (Wildman–Crippen MR) is 51.0 cm³/mol. The zero-order valence-corrected chi connectivity index (χ0v) is 7.72. The van der Waals surface area contributed by atoms with Crippen LogP contribution in [0.2, 0.25) is 0 Å². The molecule has 0 amide bonds. The van der Waals surface area contributed by atoms with Crippen LogP contribution in [-0.2, 0) is 4.79 Å². The van der Waals surface area contributed by atoms with Gasteiger partial charge in [-0.25, -0.2) is 0 Å². The van der Waals surface area contributed by atoms with Gasteiger partial charge in [-0.05, 0) is 25.2 Å². The van der Waals surface area contributed by atoms with Crippen molar-refractivity contribution in [2.75, 3.05) is 0 Å². The molecule has 68 valence electrons. The SMILES string of the molecule is C=C(CCC=O)C1CCCCC1. The molecule has 12 heavy (non-hydrogen) atoms.